The second kappa shape index (κ2) is 8.22. The summed E-state index contributed by atoms with van der Waals surface area (Å²) < 4.78 is 7.76. The zero-order chi connectivity index (χ0) is 22.0. The number of allylic oxidation sites excluding steroid dienone is 1. The summed E-state index contributed by atoms with van der Waals surface area (Å²) in [6, 6.07) is 17.7. The summed E-state index contributed by atoms with van der Waals surface area (Å²) in [4.78, 5) is 31.8. The molecule has 0 radical (unpaired) electrons. The largest absolute Gasteiger partial charge is 0.481 e. The Kier molecular flexibility index (Phi) is 5.46. The van der Waals surface area contributed by atoms with E-state index in [4.69, 9.17) is 4.74 Å². The lowest BCUT2D eigenvalue weighted by molar-refractivity contribution is -0.129. The van der Waals surface area contributed by atoms with Crippen LogP contribution in [0.1, 0.15) is 26.1 Å². The Balaban J connectivity index is 1.74. The Morgan fingerprint density at radius 3 is 2.55 bits per heavy atom. The van der Waals surface area contributed by atoms with E-state index < -0.39 is 5.60 Å². The zero-order valence-corrected chi connectivity index (χ0v) is 17.9. The Bertz CT molecular complexity index is 1150. The minimum Gasteiger partial charge on any atom is -0.481 e. The van der Waals surface area contributed by atoms with Crippen LogP contribution in [0.3, 0.4) is 0 Å². The van der Waals surface area contributed by atoms with Gasteiger partial charge in [-0.25, -0.2) is 4.98 Å². The van der Waals surface area contributed by atoms with Crippen molar-refractivity contribution in [2.45, 2.75) is 32.4 Å². The summed E-state index contributed by atoms with van der Waals surface area (Å²) in [6.45, 7) is 3.87. The van der Waals surface area contributed by atoms with Crippen LogP contribution in [0.5, 0.6) is 0 Å². The van der Waals surface area contributed by atoms with Gasteiger partial charge in [0.05, 0.1) is 6.54 Å². The monoisotopic (exact) mass is 415 g/mol. The number of carbonyl (C=O) groups is 2. The molecule has 1 aliphatic heterocycles. The first-order valence-corrected chi connectivity index (χ1v) is 10.2. The van der Waals surface area contributed by atoms with Crippen LogP contribution in [0.15, 0.2) is 78.8 Å². The Hall–Kier alpha value is -3.67. The van der Waals surface area contributed by atoms with Crippen molar-refractivity contribution in [2.75, 3.05) is 4.90 Å². The fraction of sp³-hybridized carbons (Fsp3) is 0.240. The van der Waals surface area contributed by atoms with E-state index in [0.717, 1.165) is 17.0 Å². The highest BCUT2D eigenvalue weighted by Gasteiger charge is 2.34. The topological polar surface area (TPSA) is 64.4 Å². The highest BCUT2D eigenvalue weighted by molar-refractivity contribution is 6.09. The lowest BCUT2D eigenvalue weighted by atomic mass is 9.98. The number of aromatic nitrogens is 2. The van der Waals surface area contributed by atoms with Crippen LogP contribution >= 0.6 is 0 Å². The highest BCUT2D eigenvalue weighted by atomic mass is 16.5. The minimum atomic E-state index is -0.725. The zero-order valence-electron chi connectivity index (χ0n) is 17.9. The third-order valence-corrected chi connectivity index (χ3v) is 5.22. The standard InChI is InChI=1S/C25H25N3O3/c1-25(2)16-21(29)15-22(31-25)24(30)28(17-23-26-12-13-27(23)3)20-11-7-10-19(14-20)18-8-5-4-6-9-18/h4-15H,16-17H2,1-3H3. The normalized spacial score (nSPS) is 15.2. The minimum absolute atomic E-state index is 0.0561. The first-order valence-electron chi connectivity index (χ1n) is 10.2. The molecule has 2 aromatic carbocycles. The van der Waals surface area contributed by atoms with Crippen LogP contribution in [0, 0.1) is 0 Å². The van der Waals surface area contributed by atoms with Gasteiger partial charge in [0.25, 0.3) is 5.91 Å². The fourth-order valence-corrected chi connectivity index (χ4v) is 3.67. The van der Waals surface area contributed by atoms with Gasteiger partial charge in [0.15, 0.2) is 11.5 Å². The van der Waals surface area contributed by atoms with Crippen LogP contribution in [-0.4, -0.2) is 26.8 Å². The van der Waals surface area contributed by atoms with E-state index in [1.165, 1.54) is 6.08 Å². The maximum Gasteiger partial charge on any atom is 0.293 e. The number of nitrogens with zero attached hydrogens (tertiary/aromatic N) is 3. The maximum absolute atomic E-state index is 13.6. The lowest BCUT2D eigenvalue weighted by Gasteiger charge is -2.32. The molecule has 2 heterocycles. The number of amides is 1. The predicted octanol–water partition coefficient (Wildman–Crippen LogP) is 4.27. The van der Waals surface area contributed by atoms with Gasteiger partial charge in [-0.15, -0.1) is 0 Å². The first-order chi connectivity index (χ1) is 14.8. The van der Waals surface area contributed by atoms with Crippen molar-refractivity contribution in [1.82, 2.24) is 9.55 Å². The van der Waals surface area contributed by atoms with Crippen molar-refractivity contribution in [3.63, 3.8) is 0 Å². The molecule has 1 aromatic heterocycles. The van der Waals surface area contributed by atoms with E-state index in [9.17, 15) is 9.59 Å². The Morgan fingerprint density at radius 1 is 1.13 bits per heavy atom. The van der Waals surface area contributed by atoms with Crippen molar-refractivity contribution in [2.24, 2.45) is 7.05 Å². The summed E-state index contributed by atoms with van der Waals surface area (Å²) >= 11 is 0. The van der Waals surface area contributed by atoms with Gasteiger partial charge in [0.1, 0.15) is 11.4 Å². The van der Waals surface area contributed by atoms with Crippen molar-refractivity contribution in [3.05, 3.63) is 84.7 Å². The summed E-state index contributed by atoms with van der Waals surface area (Å²) in [5.41, 5.74) is 2.02. The number of hydrogen-bond donors (Lipinski definition) is 0. The van der Waals surface area contributed by atoms with Crippen LogP contribution in [0.2, 0.25) is 0 Å². The SMILES string of the molecule is Cn1ccnc1CN(C(=O)C1=CC(=O)CC(C)(C)O1)c1cccc(-c2ccccc2)c1. The van der Waals surface area contributed by atoms with Crippen LogP contribution in [0.25, 0.3) is 11.1 Å². The molecule has 0 atom stereocenters. The van der Waals surface area contributed by atoms with Gasteiger partial charge >= 0.3 is 0 Å². The van der Waals surface area contributed by atoms with Gasteiger partial charge in [0, 0.05) is 37.6 Å². The summed E-state index contributed by atoms with van der Waals surface area (Å²) in [5.74, 6) is 0.296. The molecule has 6 nitrogen and oxygen atoms in total. The molecule has 0 spiro atoms. The molecular weight excluding hydrogens is 390 g/mol. The van der Waals surface area contributed by atoms with Crippen LogP contribution in [-0.2, 0) is 27.9 Å². The number of imidazole rings is 1. The number of carbonyl (C=O) groups excluding carboxylic acids is 2. The molecule has 31 heavy (non-hydrogen) atoms. The number of rotatable bonds is 5. The van der Waals surface area contributed by atoms with Crippen molar-refractivity contribution in [1.29, 1.82) is 0 Å². The van der Waals surface area contributed by atoms with Crippen LogP contribution in [0.4, 0.5) is 5.69 Å². The number of benzene rings is 2. The lowest BCUT2D eigenvalue weighted by Crippen LogP contribution is -2.39. The summed E-state index contributed by atoms with van der Waals surface area (Å²) in [6.07, 6.45) is 5.08. The Labute approximate surface area is 181 Å². The fourth-order valence-electron chi connectivity index (χ4n) is 3.67. The highest BCUT2D eigenvalue weighted by Crippen LogP contribution is 2.30. The van der Waals surface area contributed by atoms with E-state index in [1.807, 2.05) is 86.3 Å². The van der Waals surface area contributed by atoms with E-state index in [0.29, 0.717) is 5.69 Å². The molecule has 0 saturated carbocycles. The molecule has 0 fully saturated rings. The Morgan fingerprint density at radius 2 is 1.87 bits per heavy atom. The van der Waals surface area contributed by atoms with Gasteiger partial charge in [-0.3, -0.25) is 14.5 Å². The number of aryl methyl sites for hydroxylation is 1. The number of ketones is 1. The third kappa shape index (κ3) is 4.58. The van der Waals surface area contributed by atoms with Gasteiger partial charge < -0.3 is 9.30 Å². The molecule has 0 unspecified atom stereocenters. The second-order valence-electron chi connectivity index (χ2n) is 8.28. The molecule has 0 N–H and O–H groups in total. The average molecular weight is 415 g/mol. The van der Waals surface area contributed by atoms with E-state index >= 15 is 0 Å². The van der Waals surface area contributed by atoms with Crippen molar-refractivity contribution in [3.8, 4) is 11.1 Å². The number of ether oxygens (including phenoxy) is 1. The number of anilines is 1. The molecule has 3 aromatic rings. The molecule has 158 valence electrons. The van der Waals surface area contributed by atoms with E-state index in [-0.39, 0.29) is 30.4 Å². The quantitative estimate of drug-likeness (QED) is 0.624. The molecule has 0 aliphatic carbocycles. The molecule has 0 bridgehead atoms. The van der Waals surface area contributed by atoms with Crippen molar-refractivity contribution < 1.29 is 14.3 Å². The van der Waals surface area contributed by atoms with Gasteiger partial charge in [-0.1, -0.05) is 42.5 Å². The maximum atomic E-state index is 13.6. The molecule has 4 rings (SSSR count). The smallest absolute Gasteiger partial charge is 0.293 e. The van der Waals surface area contributed by atoms with Gasteiger partial charge in [-0.05, 0) is 37.1 Å². The first kappa shape index (κ1) is 20.6. The second-order valence-corrected chi connectivity index (χ2v) is 8.28. The van der Waals surface area contributed by atoms with Gasteiger partial charge in [-0.2, -0.15) is 0 Å². The molecule has 1 amide bonds. The summed E-state index contributed by atoms with van der Waals surface area (Å²) in [5, 5.41) is 0. The average Bonchev–Trinajstić information content (AvgIpc) is 3.15. The van der Waals surface area contributed by atoms with E-state index in [2.05, 4.69) is 4.98 Å². The molecular formula is C25H25N3O3. The number of hydrogen-bond acceptors (Lipinski definition) is 4. The summed E-state index contributed by atoms with van der Waals surface area (Å²) in [7, 11) is 1.88. The predicted molar refractivity (Wildman–Crippen MR) is 119 cm³/mol. The molecule has 1 aliphatic rings. The van der Waals surface area contributed by atoms with Gasteiger partial charge in [0.2, 0.25) is 0 Å². The molecule has 0 saturated heterocycles. The van der Waals surface area contributed by atoms with Crippen LogP contribution < -0.4 is 4.90 Å². The van der Waals surface area contributed by atoms with Crippen molar-refractivity contribution >= 4 is 17.4 Å². The van der Waals surface area contributed by atoms with E-state index in [1.54, 1.807) is 11.1 Å². The third-order valence-electron chi connectivity index (χ3n) is 5.22. The molecule has 6 heteroatoms.